The highest BCUT2D eigenvalue weighted by atomic mass is 16.6. The number of carbonyl (C=O) groups excluding carboxylic acids is 1. The second kappa shape index (κ2) is 6.34. The summed E-state index contributed by atoms with van der Waals surface area (Å²) in [5, 5.41) is 9.62. The Morgan fingerprint density at radius 1 is 1.56 bits per heavy atom. The number of rotatable bonds is 7. The van der Waals surface area contributed by atoms with Crippen molar-refractivity contribution in [1.82, 2.24) is 0 Å². The maximum atomic E-state index is 11.2. The molecule has 0 aromatic rings. The molecule has 18 heavy (non-hydrogen) atoms. The first kappa shape index (κ1) is 15.2. The first-order valence-corrected chi connectivity index (χ1v) is 6.64. The monoisotopic (exact) mass is 256 g/mol. The van der Waals surface area contributed by atoms with E-state index in [2.05, 4.69) is 6.92 Å². The van der Waals surface area contributed by atoms with Crippen LogP contribution in [0.25, 0.3) is 0 Å². The molecule has 0 saturated carbocycles. The van der Waals surface area contributed by atoms with E-state index in [9.17, 15) is 9.90 Å². The van der Waals surface area contributed by atoms with Crippen LogP contribution < -0.4 is 0 Å². The van der Waals surface area contributed by atoms with Gasteiger partial charge in [0.05, 0.1) is 18.8 Å². The van der Waals surface area contributed by atoms with Crippen molar-refractivity contribution < 1.29 is 19.4 Å². The van der Waals surface area contributed by atoms with Crippen LogP contribution in [0.3, 0.4) is 0 Å². The average Bonchev–Trinajstić information content (AvgIpc) is 3.00. The molecule has 1 aliphatic rings. The summed E-state index contributed by atoms with van der Waals surface area (Å²) in [5.74, 6) is -0.0639. The van der Waals surface area contributed by atoms with Gasteiger partial charge in [-0.3, -0.25) is 0 Å². The molecular weight excluding hydrogens is 232 g/mol. The van der Waals surface area contributed by atoms with Gasteiger partial charge >= 0.3 is 5.97 Å². The highest BCUT2D eigenvalue weighted by Gasteiger charge is 2.53. The molecule has 0 aliphatic carbocycles. The Kier molecular flexibility index (Phi) is 5.35. The average molecular weight is 256 g/mol. The number of aliphatic hydroxyl groups is 1. The Balaban J connectivity index is 2.43. The van der Waals surface area contributed by atoms with Gasteiger partial charge in [-0.25, -0.2) is 4.79 Å². The van der Waals surface area contributed by atoms with Crippen LogP contribution in [-0.4, -0.2) is 35.5 Å². The van der Waals surface area contributed by atoms with Crippen molar-refractivity contribution in [2.24, 2.45) is 5.92 Å². The van der Waals surface area contributed by atoms with Gasteiger partial charge in [-0.15, -0.1) is 0 Å². The summed E-state index contributed by atoms with van der Waals surface area (Å²) in [6.07, 6.45) is 4.46. The van der Waals surface area contributed by atoms with Crippen LogP contribution >= 0.6 is 0 Å². The summed E-state index contributed by atoms with van der Waals surface area (Å²) >= 11 is 0. The molecule has 0 radical (unpaired) electrons. The number of hydrogen-bond acceptors (Lipinski definition) is 4. The molecule has 4 nitrogen and oxygen atoms in total. The largest absolute Gasteiger partial charge is 0.463 e. The third kappa shape index (κ3) is 4.10. The van der Waals surface area contributed by atoms with E-state index >= 15 is 0 Å². The summed E-state index contributed by atoms with van der Waals surface area (Å²) in [5.41, 5.74) is -0.389. The van der Waals surface area contributed by atoms with Gasteiger partial charge in [0.1, 0.15) is 5.60 Å². The minimum Gasteiger partial charge on any atom is -0.463 e. The van der Waals surface area contributed by atoms with Crippen LogP contribution in [0.5, 0.6) is 0 Å². The molecule has 0 spiro atoms. The predicted molar refractivity (Wildman–Crippen MR) is 69.1 cm³/mol. The molecule has 104 valence electrons. The first-order valence-electron chi connectivity index (χ1n) is 6.64. The fraction of sp³-hybridized carbons (Fsp3) is 0.786. The first-order chi connectivity index (χ1) is 8.42. The van der Waals surface area contributed by atoms with Crippen LogP contribution in [0.15, 0.2) is 12.2 Å². The van der Waals surface area contributed by atoms with Gasteiger partial charge in [0.25, 0.3) is 0 Å². The Bertz CT molecular complexity index is 313. The van der Waals surface area contributed by atoms with Crippen LogP contribution in [0, 0.1) is 5.92 Å². The smallest absolute Gasteiger partial charge is 0.330 e. The molecule has 0 aromatic carbocycles. The molecule has 0 unspecified atom stereocenters. The number of hydrogen-bond donors (Lipinski definition) is 1. The molecule has 1 rings (SSSR count). The van der Waals surface area contributed by atoms with Crippen molar-refractivity contribution in [2.45, 2.75) is 58.3 Å². The Morgan fingerprint density at radius 2 is 2.22 bits per heavy atom. The fourth-order valence-electron chi connectivity index (χ4n) is 2.20. The Hall–Kier alpha value is -0.870. The molecule has 1 aliphatic heterocycles. The van der Waals surface area contributed by atoms with E-state index in [1.807, 2.05) is 13.8 Å². The second-order valence-corrected chi connectivity index (χ2v) is 5.08. The number of ether oxygens (including phenoxy) is 2. The van der Waals surface area contributed by atoms with Gasteiger partial charge in [-0.1, -0.05) is 13.8 Å². The van der Waals surface area contributed by atoms with Crippen molar-refractivity contribution in [2.75, 3.05) is 6.61 Å². The molecule has 0 amide bonds. The molecule has 0 bridgehead atoms. The standard InChI is InChI=1S/C14H24O4/c1-5-11(15)9-10(3)13-14(4,18-13)8-7-12(16)17-6-2/h7-8,10-11,13,15H,5-6,9H2,1-4H3/b8-7+/t10-,11+,13-,14-/m0/s1. The van der Waals surface area contributed by atoms with Crippen molar-refractivity contribution in [3.63, 3.8) is 0 Å². The minimum absolute atomic E-state index is 0.0735. The third-order valence-electron chi connectivity index (χ3n) is 3.36. The predicted octanol–water partition coefficient (Wildman–Crippen LogP) is 2.06. The van der Waals surface area contributed by atoms with Crippen LogP contribution in [0.4, 0.5) is 0 Å². The summed E-state index contributed by atoms with van der Waals surface area (Å²) in [6.45, 7) is 8.13. The number of esters is 1. The maximum absolute atomic E-state index is 11.2. The zero-order valence-electron chi connectivity index (χ0n) is 11.7. The van der Waals surface area contributed by atoms with Gasteiger partial charge in [-0.05, 0) is 38.7 Å². The number of epoxide rings is 1. The molecular formula is C14H24O4. The van der Waals surface area contributed by atoms with Crippen LogP contribution in [-0.2, 0) is 14.3 Å². The lowest BCUT2D eigenvalue weighted by Gasteiger charge is -2.13. The van der Waals surface area contributed by atoms with Crippen molar-refractivity contribution >= 4 is 5.97 Å². The third-order valence-corrected chi connectivity index (χ3v) is 3.36. The molecule has 1 N–H and O–H groups in total. The summed E-state index contributed by atoms with van der Waals surface area (Å²) < 4.78 is 10.5. The SMILES string of the molecule is CCOC(=O)/C=C/[C@]1(C)O[C@H]1[C@@H](C)C[C@H](O)CC. The van der Waals surface area contributed by atoms with Crippen LogP contribution in [0.2, 0.25) is 0 Å². The highest BCUT2D eigenvalue weighted by molar-refractivity contribution is 5.82. The van der Waals surface area contributed by atoms with E-state index < -0.39 is 0 Å². The molecule has 0 aromatic heterocycles. The number of carbonyl (C=O) groups is 1. The zero-order chi connectivity index (χ0) is 13.8. The fourth-order valence-corrected chi connectivity index (χ4v) is 2.20. The van der Waals surface area contributed by atoms with E-state index in [-0.39, 0.29) is 29.7 Å². The lowest BCUT2D eigenvalue weighted by atomic mass is 9.92. The molecule has 4 heteroatoms. The Morgan fingerprint density at radius 3 is 2.78 bits per heavy atom. The molecule has 1 heterocycles. The van der Waals surface area contributed by atoms with Gasteiger partial charge in [0.2, 0.25) is 0 Å². The van der Waals surface area contributed by atoms with E-state index in [0.717, 1.165) is 12.8 Å². The van der Waals surface area contributed by atoms with E-state index in [4.69, 9.17) is 9.47 Å². The van der Waals surface area contributed by atoms with Gasteiger partial charge in [-0.2, -0.15) is 0 Å². The van der Waals surface area contributed by atoms with E-state index in [1.54, 1.807) is 13.0 Å². The van der Waals surface area contributed by atoms with Crippen molar-refractivity contribution in [3.8, 4) is 0 Å². The highest BCUT2D eigenvalue weighted by Crippen LogP contribution is 2.43. The van der Waals surface area contributed by atoms with Gasteiger partial charge < -0.3 is 14.6 Å². The molecule has 1 saturated heterocycles. The van der Waals surface area contributed by atoms with Crippen molar-refractivity contribution in [3.05, 3.63) is 12.2 Å². The topological polar surface area (TPSA) is 59.1 Å². The van der Waals surface area contributed by atoms with E-state index in [1.165, 1.54) is 6.08 Å². The minimum atomic E-state index is -0.389. The normalized spacial score (nSPS) is 30.2. The summed E-state index contributed by atoms with van der Waals surface area (Å²) in [7, 11) is 0. The second-order valence-electron chi connectivity index (χ2n) is 5.08. The number of aliphatic hydroxyl groups excluding tert-OH is 1. The van der Waals surface area contributed by atoms with Gasteiger partial charge in [0.15, 0.2) is 0 Å². The van der Waals surface area contributed by atoms with E-state index in [0.29, 0.717) is 6.61 Å². The maximum Gasteiger partial charge on any atom is 0.330 e. The zero-order valence-corrected chi connectivity index (χ0v) is 11.7. The lowest BCUT2D eigenvalue weighted by molar-refractivity contribution is -0.137. The lowest BCUT2D eigenvalue weighted by Crippen LogP contribution is -2.19. The van der Waals surface area contributed by atoms with Crippen LogP contribution in [0.1, 0.15) is 40.5 Å². The van der Waals surface area contributed by atoms with Crippen molar-refractivity contribution in [1.29, 1.82) is 0 Å². The molecule has 1 fully saturated rings. The quantitative estimate of drug-likeness (QED) is 0.430. The Labute approximate surface area is 109 Å². The summed E-state index contributed by atoms with van der Waals surface area (Å²) in [6, 6.07) is 0. The molecule has 4 atom stereocenters. The summed E-state index contributed by atoms with van der Waals surface area (Å²) in [4.78, 5) is 11.2. The van der Waals surface area contributed by atoms with Gasteiger partial charge in [0, 0.05) is 6.08 Å².